The van der Waals surface area contributed by atoms with E-state index in [2.05, 4.69) is 4.98 Å². The van der Waals surface area contributed by atoms with Gasteiger partial charge in [0.1, 0.15) is 4.21 Å². The Morgan fingerprint density at radius 3 is 2.91 bits per heavy atom. The molecule has 7 nitrogen and oxygen atoms in total. The van der Waals surface area contributed by atoms with Crippen LogP contribution in [0.2, 0.25) is 0 Å². The first-order chi connectivity index (χ1) is 10.4. The molecule has 2 aromatic heterocycles. The van der Waals surface area contributed by atoms with Crippen LogP contribution in [0.3, 0.4) is 0 Å². The minimum Gasteiger partial charge on any atom is -0.337 e. The van der Waals surface area contributed by atoms with Crippen LogP contribution in [0.5, 0.6) is 0 Å². The molecule has 0 unspecified atom stereocenters. The number of hydrogen-bond acceptors (Lipinski definition) is 5. The number of sulfonamides is 1. The van der Waals surface area contributed by atoms with Crippen molar-refractivity contribution in [1.29, 1.82) is 0 Å². The number of aromatic nitrogens is 2. The number of thiophene rings is 1. The minimum atomic E-state index is -3.76. The third-order valence-electron chi connectivity index (χ3n) is 3.73. The Hall–Kier alpha value is -1.71. The van der Waals surface area contributed by atoms with E-state index < -0.39 is 10.0 Å². The molecule has 0 radical (unpaired) electrons. The lowest BCUT2D eigenvalue weighted by Crippen LogP contribution is -2.40. The molecule has 22 heavy (non-hydrogen) atoms. The predicted molar refractivity (Wildman–Crippen MR) is 82.1 cm³/mol. The summed E-state index contributed by atoms with van der Waals surface area (Å²) in [4.78, 5) is 18.3. The summed E-state index contributed by atoms with van der Waals surface area (Å²) in [5.41, 5.74) is 0.375. The maximum atomic E-state index is 12.5. The standard InChI is InChI=1S/C13H16N4O3S2/c14-22(19,20)12-6-10(8-21-12)13(18)16-4-1-2-11(7-16)17-5-3-15-9-17/h3,5-6,8-9,11H,1-2,4,7H2,(H2,14,19,20)/t11-/m1/s1. The Balaban J connectivity index is 1.76. The fourth-order valence-corrected chi connectivity index (χ4v) is 4.21. The summed E-state index contributed by atoms with van der Waals surface area (Å²) in [6.45, 7) is 1.26. The van der Waals surface area contributed by atoms with E-state index in [1.165, 1.54) is 6.07 Å². The average molecular weight is 340 g/mol. The fourth-order valence-electron chi connectivity index (χ4n) is 2.63. The van der Waals surface area contributed by atoms with Crippen molar-refractivity contribution in [1.82, 2.24) is 14.5 Å². The van der Waals surface area contributed by atoms with Crippen LogP contribution in [-0.2, 0) is 10.0 Å². The molecule has 1 saturated heterocycles. The summed E-state index contributed by atoms with van der Waals surface area (Å²) in [7, 11) is -3.76. The first kappa shape index (κ1) is 15.2. The van der Waals surface area contributed by atoms with Gasteiger partial charge in [-0.1, -0.05) is 0 Å². The van der Waals surface area contributed by atoms with Crippen LogP contribution >= 0.6 is 11.3 Å². The molecular weight excluding hydrogens is 324 g/mol. The van der Waals surface area contributed by atoms with Crippen LogP contribution in [0.1, 0.15) is 29.2 Å². The van der Waals surface area contributed by atoms with Crippen molar-refractivity contribution in [3.8, 4) is 0 Å². The zero-order valence-corrected chi connectivity index (χ0v) is 13.4. The number of carbonyl (C=O) groups excluding carboxylic acids is 1. The molecule has 0 saturated carbocycles. The van der Waals surface area contributed by atoms with Crippen LogP contribution < -0.4 is 5.14 Å². The molecule has 2 aromatic rings. The molecule has 2 N–H and O–H groups in total. The molecule has 1 aliphatic rings. The van der Waals surface area contributed by atoms with Crippen LogP contribution in [0.15, 0.2) is 34.4 Å². The smallest absolute Gasteiger partial charge is 0.254 e. The van der Waals surface area contributed by atoms with E-state index in [0.717, 1.165) is 24.2 Å². The summed E-state index contributed by atoms with van der Waals surface area (Å²) < 4.78 is 24.6. The van der Waals surface area contributed by atoms with Gasteiger partial charge in [0.15, 0.2) is 0 Å². The number of hydrogen-bond donors (Lipinski definition) is 1. The van der Waals surface area contributed by atoms with Gasteiger partial charge in [-0.2, -0.15) is 0 Å². The molecule has 3 heterocycles. The third kappa shape index (κ3) is 3.06. The maximum Gasteiger partial charge on any atom is 0.254 e. The second kappa shape index (κ2) is 5.82. The number of imidazole rings is 1. The number of amides is 1. The number of carbonyl (C=O) groups is 1. The van der Waals surface area contributed by atoms with E-state index in [0.29, 0.717) is 18.7 Å². The van der Waals surface area contributed by atoms with Gasteiger partial charge >= 0.3 is 0 Å². The molecule has 0 spiro atoms. The van der Waals surface area contributed by atoms with Crippen molar-refractivity contribution < 1.29 is 13.2 Å². The number of piperidine rings is 1. The molecule has 0 bridgehead atoms. The van der Waals surface area contributed by atoms with Crippen LogP contribution in [-0.4, -0.2) is 41.9 Å². The highest BCUT2D eigenvalue weighted by molar-refractivity contribution is 7.91. The van der Waals surface area contributed by atoms with Gasteiger partial charge in [-0.05, 0) is 18.9 Å². The highest BCUT2D eigenvalue weighted by Gasteiger charge is 2.26. The Labute approximate surface area is 132 Å². The lowest BCUT2D eigenvalue weighted by molar-refractivity contribution is 0.0680. The van der Waals surface area contributed by atoms with Crippen molar-refractivity contribution in [3.05, 3.63) is 35.7 Å². The molecule has 1 amide bonds. The summed E-state index contributed by atoms with van der Waals surface area (Å²) >= 11 is 0.972. The Morgan fingerprint density at radius 1 is 1.45 bits per heavy atom. The number of nitrogens with zero attached hydrogens (tertiary/aromatic N) is 3. The molecule has 3 rings (SSSR count). The van der Waals surface area contributed by atoms with E-state index in [1.54, 1.807) is 22.8 Å². The van der Waals surface area contributed by atoms with Gasteiger partial charge in [0.25, 0.3) is 5.91 Å². The summed E-state index contributed by atoms with van der Waals surface area (Å²) in [6, 6.07) is 1.56. The topological polar surface area (TPSA) is 98.3 Å². The molecule has 9 heteroatoms. The van der Waals surface area contributed by atoms with Crippen LogP contribution in [0, 0.1) is 0 Å². The lowest BCUT2D eigenvalue weighted by Gasteiger charge is -2.33. The highest BCUT2D eigenvalue weighted by atomic mass is 32.2. The fraction of sp³-hybridized carbons (Fsp3) is 0.385. The highest BCUT2D eigenvalue weighted by Crippen LogP contribution is 2.25. The number of likely N-dealkylation sites (tertiary alicyclic amines) is 1. The van der Waals surface area contributed by atoms with Crippen molar-refractivity contribution in [2.45, 2.75) is 23.1 Å². The van der Waals surface area contributed by atoms with E-state index >= 15 is 0 Å². The lowest BCUT2D eigenvalue weighted by atomic mass is 10.0. The Morgan fingerprint density at radius 2 is 2.27 bits per heavy atom. The molecule has 118 valence electrons. The normalized spacial score (nSPS) is 19.3. The van der Waals surface area contributed by atoms with Gasteiger partial charge < -0.3 is 9.47 Å². The van der Waals surface area contributed by atoms with Gasteiger partial charge in [0.05, 0.1) is 17.9 Å². The van der Waals surface area contributed by atoms with Crippen molar-refractivity contribution in [2.75, 3.05) is 13.1 Å². The van der Waals surface area contributed by atoms with Crippen molar-refractivity contribution in [3.63, 3.8) is 0 Å². The number of nitrogens with two attached hydrogens (primary N) is 1. The summed E-state index contributed by atoms with van der Waals surface area (Å²) in [5.74, 6) is -0.157. The Bertz CT molecular complexity index is 767. The van der Waals surface area contributed by atoms with Crippen molar-refractivity contribution in [2.24, 2.45) is 5.14 Å². The quantitative estimate of drug-likeness (QED) is 0.903. The third-order valence-corrected chi connectivity index (χ3v) is 6.12. The van der Waals surface area contributed by atoms with Crippen LogP contribution in [0.25, 0.3) is 0 Å². The molecule has 0 aliphatic carbocycles. The summed E-state index contributed by atoms with van der Waals surface area (Å²) in [6.07, 6.45) is 7.26. The summed E-state index contributed by atoms with van der Waals surface area (Å²) in [5, 5.41) is 6.63. The zero-order valence-electron chi connectivity index (χ0n) is 11.8. The maximum absolute atomic E-state index is 12.5. The van der Waals surface area contributed by atoms with E-state index in [4.69, 9.17) is 5.14 Å². The minimum absolute atomic E-state index is 0.0130. The predicted octanol–water partition coefficient (Wildman–Crippen LogP) is 1.07. The van der Waals surface area contributed by atoms with Crippen molar-refractivity contribution >= 4 is 27.3 Å². The molecule has 1 fully saturated rings. The zero-order chi connectivity index (χ0) is 15.7. The molecular formula is C13H16N4O3S2. The Kier molecular flexibility index (Phi) is 4.02. The van der Waals surface area contributed by atoms with Crippen LogP contribution in [0.4, 0.5) is 0 Å². The monoisotopic (exact) mass is 340 g/mol. The first-order valence-electron chi connectivity index (χ1n) is 6.83. The second-order valence-electron chi connectivity index (χ2n) is 5.26. The van der Waals surface area contributed by atoms with Gasteiger partial charge in [0, 0.05) is 30.9 Å². The van der Waals surface area contributed by atoms with E-state index in [-0.39, 0.29) is 16.2 Å². The molecule has 1 aliphatic heterocycles. The van der Waals surface area contributed by atoms with E-state index in [9.17, 15) is 13.2 Å². The first-order valence-corrected chi connectivity index (χ1v) is 9.26. The molecule has 0 aromatic carbocycles. The largest absolute Gasteiger partial charge is 0.337 e. The number of primary sulfonamides is 1. The average Bonchev–Trinajstić information content (AvgIpc) is 3.17. The van der Waals surface area contributed by atoms with Gasteiger partial charge in [-0.25, -0.2) is 18.5 Å². The SMILES string of the molecule is NS(=O)(=O)c1cc(C(=O)N2CCC[C@@H](n3ccnc3)C2)cs1. The second-order valence-corrected chi connectivity index (χ2v) is 7.96. The molecule has 1 atom stereocenters. The van der Waals surface area contributed by atoms with Gasteiger partial charge in [-0.15, -0.1) is 11.3 Å². The van der Waals surface area contributed by atoms with E-state index in [1.807, 2.05) is 10.8 Å². The van der Waals surface area contributed by atoms with Gasteiger partial charge in [-0.3, -0.25) is 4.79 Å². The van der Waals surface area contributed by atoms with Gasteiger partial charge in [0.2, 0.25) is 10.0 Å². The number of rotatable bonds is 3.